The van der Waals surface area contributed by atoms with Gasteiger partial charge in [-0.05, 0) is 92.9 Å². The lowest BCUT2D eigenvalue weighted by atomic mass is 9.88. The Kier molecular flexibility index (Phi) is 7.81. The van der Waals surface area contributed by atoms with Crippen LogP contribution in [-0.2, 0) is 29.6 Å². The largest absolute Gasteiger partial charge is 0.493 e. The first kappa shape index (κ1) is 29.3. The van der Waals surface area contributed by atoms with Gasteiger partial charge < -0.3 is 23.9 Å². The van der Waals surface area contributed by atoms with Crippen LogP contribution in [0.2, 0.25) is 0 Å². The second-order valence-electron chi connectivity index (χ2n) is 11.4. The highest BCUT2D eigenvalue weighted by Crippen LogP contribution is 2.42. The summed E-state index contributed by atoms with van der Waals surface area (Å²) in [4.78, 5) is 26.5. The van der Waals surface area contributed by atoms with E-state index in [0.717, 1.165) is 41.3 Å². The summed E-state index contributed by atoms with van der Waals surface area (Å²) < 4.78 is 46.9. The molecule has 0 aliphatic carbocycles. The maximum Gasteiger partial charge on any atom is 0.339 e. The van der Waals surface area contributed by atoms with E-state index in [4.69, 9.17) is 14.2 Å². The molecule has 220 valence electrons. The minimum Gasteiger partial charge on any atom is -0.493 e. The maximum absolute atomic E-state index is 14.2. The van der Waals surface area contributed by atoms with Gasteiger partial charge in [-0.25, -0.2) is 13.6 Å². The number of halogens is 2. The molecule has 9 heteroatoms. The first-order valence-electron chi connectivity index (χ1n) is 13.8. The monoisotopic (exact) mass is 577 g/mol. The molecule has 1 unspecified atom stereocenters. The number of aromatic nitrogens is 1. The Balaban J connectivity index is 1.73. The molecule has 0 radical (unpaired) electrons. The zero-order valence-corrected chi connectivity index (χ0v) is 24.2. The predicted molar refractivity (Wildman–Crippen MR) is 155 cm³/mol. The van der Waals surface area contributed by atoms with Gasteiger partial charge in [-0.3, -0.25) is 4.79 Å². The average Bonchev–Trinajstić information content (AvgIpc) is 2.94. The molecule has 0 bridgehead atoms. The highest BCUT2D eigenvalue weighted by atomic mass is 19.2. The smallest absolute Gasteiger partial charge is 0.339 e. The fourth-order valence-electron chi connectivity index (χ4n) is 5.47. The number of rotatable bonds is 7. The van der Waals surface area contributed by atoms with Crippen molar-refractivity contribution >= 4 is 16.7 Å². The summed E-state index contributed by atoms with van der Waals surface area (Å²) >= 11 is 0. The predicted octanol–water partition coefficient (Wildman–Crippen LogP) is 6.64. The molecule has 0 saturated heterocycles. The van der Waals surface area contributed by atoms with Crippen LogP contribution in [0.1, 0.15) is 55.7 Å². The molecule has 1 aliphatic heterocycles. The first-order chi connectivity index (χ1) is 19.9. The molecule has 7 nitrogen and oxygen atoms in total. The second kappa shape index (κ2) is 11.2. The van der Waals surface area contributed by atoms with Crippen LogP contribution in [0.5, 0.6) is 11.5 Å². The van der Waals surface area contributed by atoms with Crippen LogP contribution in [0.3, 0.4) is 0 Å². The van der Waals surface area contributed by atoms with Crippen LogP contribution in [-0.4, -0.2) is 27.9 Å². The van der Waals surface area contributed by atoms with Crippen molar-refractivity contribution < 1.29 is 32.9 Å². The summed E-state index contributed by atoms with van der Waals surface area (Å²) in [5.41, 5.74) is 2.25. The molecular formula is C33H33F2NO6. The molecule has 2 heterocycles. The summed E-state index contributed by atoms with van der Waals surface area (Å²) in [5.74, 6) is -2.13. The van der Waals surface area contributed by atoms with E-state index in [9.17, 15) is 23.5 Å². The van der Waals surface area contributed by atoms with Gasteiger partial charge in [0.15, 0.2) is 17.7 Å². The van der Waals surface area contributed by atoms with Crippen molar-refractivity contribution in [2.24, 2.45) is 7.05 Å². The molecule has 1 atom stereocenters. The standard InChI is InChI=1S/C33H33F2NO6/c1-18-21-9-7-15-40-26(21)14-13-22(18)27-23-12-11-20(41-17-19-8-6-10-25(34)28(19)35)16-24(23)31(37)36(5)29(27)30(32(38)39)42-33(2,3)4/h6,8,10-14,16,30H,7,9,15,17H2,1-5H3,(H,38,39). The van der Waals surface area contributed by atoms with Crippen molar-refractivity contribution in [1.82, 2.24) is 4.57 Å². The number of carboxylic acids is 1. The molecule has 1 aliphatic rings. The fourth-order valence-corrected chi connectivity index (χ4v) is 5.47. The van der Waals surface area contributed by atoms with Crippen LogP contribution in [0.4, 0.5) is 8.78 Å². The zero-order chi connectivity index (χ0) is 30.3. The Bertz CT molecular complexity index is 1750. The lowest BCUT2D eigenvalue weighted by Gasteiger charge is -2.29. The molecule has 5 rings (SSSR count). The van der Waals surface area contributed by atoms with Gasteiger partial charge in [-0.1, -0.05) is 18.2 Å². The first-order valence-corrected chi connectivity index (χ1v) is 13.8. The number of hydrogen-bond donors (Lipinski definition) is 1. The van der Waals surface area contributed by atoms with Crippen molar-refractivity contribution in [2.75, 3.05) is 6.61 Å². The van der Waals surface area contributed by atoms with Gasteiger partial charge in [0, 0.05) is 18.2 Å². The van der Waals surface area contributed by atoms with E-state index in [1.165, 1.54) is 23.7 Å². The fraction of sp³-hybridized carbons (Fsp3) is 0.333. The minimum absolute atomic E-state index is 0.0366. The van der Waals surface area contributed by atoms with Gasteiger partial charge in [-0.15, -0.1) is 0 Å². The number of carboxylic acid groups (broad SMARTS) is 1. The summed E-state index contributed by atoms with van der Waals surface area (Å²) in [5, 5.41) is 11.1. The molecule has 0 fully saturated rings. The van der Waals surface area contributed by atoms with E-state index in [1.807, 2.05) is 19.1 Å². The Hall–Kier alpha value is -4.24. The number of aliphatic carboxylic acids is 1. The lowest BCUT2D eigenvalue weighted by Crippen LogP contribution is -2.33. The SMILES string of the molecule is Cc1c(-c2c(C(OC(C)(C)C)C(=O)O)n(C)c(=O)c3cc(OCc4cccc(F)c4F)ccc23)ccc2c1CCCO2. The third-order valence-electron chi connectivity index (χ3n) is 7.44. The molecule has 0 amide bonds. The Morgan fingerprint density at radius 3 is 2.60 bits per heavy atom. The molecular weight excluding hydrogens is 544 g/mol. The van der Waals surface area contributed by atoms with Crippen LogP contribution in [0.25, 0.3) is 21.9 Å². The Labute approximate surface area is 242 Å². The normalized spacial score (nSPS) is 13.9. The van der Waals surface area contributed by atoms with Crippen molar-refractivity contribution in [2.45, 2.75) is 58.8 Å². The van der Waals surface area contributed by atoms with Gasteiger partial charge in [0.05, 0.1) is 23.3 Å². The molecule has 1 aromatic heterocycles. The van der Waals surface area contributed by atoms with E-state index in [0.29, 0.717) is 17.6 Å². The van der Waals surface area contributed by atoms with E-state index >= 15 is 0 Å². The van der Waals surface area contributed by atoms with Gasteiger partial charge >= 0.3 is 5.97 Å². The van der Waals surface area contributed by atoms with Crippen LogP contribution in [0.15, 0.2) is 53.3 Å². The van der Waals surface area contributed by atoms with Gasteiger partial charge in [0.25, 0.3) is 5.56 Å². The third-order valence-corrected chi connectivity index (χ3v) is 7.44. The number of nitrogens with zero attached hydrogens (tertiary/aromatic N) is 1. The molecule has 42 heavy (non-hydrogen) atoms. The van der Waals surface area contributed by atoms with Crippen LogP contribution in [0, 0.1) is 18.6 Å². The van der Waals surface area contributed by atoms with Crippen molar-refractivity contribution in [3.63, 3.8) is 0 Å². The number of benzene rings is 3. The highest BCUT2D eigenvalue weighted by molar-refractivity contribution is 6.00. The van der Waals surface area contributed by atoms with Crippen LogP contribution < -0.4 is 15.0 Å². The highest BCUT2D eigenvalue weighted by Gasteiger charge is 2.34. The van der Waals surface area contributed by atoms with Gasteiger partial charge in [0.1, 0.15) is 18.1 Å². The number of pyridine rings is 1. The molecule has 4 aromatic rings. The Morgan fingerprint density at radius 1 is 1.12 bits per heavy atom. The molecule has 0 saturated carbocycles. The van der Waals surface area contributed by atoms with Crippen LogP contribution >= 0.6 is 0 Å². The van der Waals surface area contributed by atoms with E-state index in [-0.39, 0.29) is 29.0 Å². The van der Waals surface area contributed by atoms with Gasteiger partial charge in [0.2, 0.25) is 0 Å². The summed E-state index contributed by atoms with van der Waals surface area (Å²) in [6.45, 7) is 7.62. The maximum atomic E-state index is 14.2. The topological polar surface area (TPSA) is 87.0 Å². The second-order valence-corrected chi connectivity index (χ2v) is 11.4. The summed E-state index contributed by atoms with van der Waals surface area (Å²) in [7, 11) is 1.52. The number of ether oxygens (including phenoxy) is 3. The van der Waals surface area contributed by atoms with Crippen molar-refractivity contribution in [3.05, 3.63) is 92.9 Å². The zero-order valence-electron chi connectivity index (χ0n) is 24.2. The van der Waals surface area contributed by atoms with E-state index in [2.05, 4.69) is 0 Å². The lowest BCUT2D eigenvalue weighted by molar-refractivity contribution is -0.161. The summed E-state index contributed by atoms with van der Waals surface area (Å²) in [6.07, 6.45) is 0.222. The van der Waals surface area contributed by atoms with E-state index in [1.54, 1.807) is 39.0 Å². The molecule has 3 aromatic carbocycles. The third kappa shape index (κ3) is 5.48. The summed E-state index contributed by atoms with van der Waals surface area (Å²) in [6, 6.07) is 12.5. The van der Waals surface area contributed by atoms with Gasteiger partial charge in [-0.2, -0.15) is 0 Å². The average molecular weight is 578 g/mol. The number of carbonyl (C=O) groups is 1. The quantitative estimate of drug-likeness (QED) is 0.265. The van der Waals surface area contributed by atoms with Crippen molar-refractivity contribution in [1.29, 1.82) is 0 Å². The minimum atomic E-state index is -1.44. The van der Waals surface area contributed by atoms with Crippen molar-refractivity contribution in [3.8, 4) is 22.6 Å². The van der Waals surface area contributed by atoms with E-state index < -0.39 is 34.9 Å². The molecule has 0 spiro atoms. The number of hydrogen-bond acceptors (Lipinski definition) is 5. The number of fused-ring (bicyclic) bond motifs is 2. The molecule has 1 N–H and O–H groups in total. The Morgan fingerprint density at radius 2 is 1.88 bits per heavy atom.